The molecule has 0 fully saturated rings. The zero-order valence-electron chi connectivity index (χ0n) is 7.88. The van der Waals surface area contributed by atoms with Gasteiger partial charge in [0.05, 0.1) is 7.11 Å². The van der Waals surface area contributed by atoms with Crippen LogP contribution in [0.1, 0.15) is 5.56 Å². The highest BCUT2D eigenvalue weighted by atomic mass is 35.5. The third-order valence-electron chi connectivity index (χ3n) is 1.89. The number of ether oxygens (including phenoxy) is 1. The number of rotatable bonds is 3. The molecule has 14 heavy (non-hydrogen) atoms. The number of phenols is 1. The predicted molar refractivity (Wildman–Crippen MR) is 57.8 cm³/mol. The van der Waals surface area contributed by atoms with Gasteiger partial charge in [0.15, 0.2) is 11.5 Å². The third-order valence-corrected chi connectivity index (χ3v) is 2.11. The Hall–Kier alpha value is -1.19. The standard InChI is InChI=1S/C10H12ClNO2/c1-6(5-12)8-3-7(11)4-9(14-2)10(8)13/h3-4,13H,1,5,12H2,2H3. The Labute approximate surface area is 87.8 Å². The first-order valence-corrected chi connectivity index (χ1v) is 4.42. The molecule has 0 amide bonds. The summed E-state index contributed by atoms with van der Waals surface area (Å²) in [5, 5.41) is 10.2. The summed E-state index contributed by atoms with van der Waals surface area (Å²) in [6.07, 6.45) is 0. The van der Waals surface area contributed by atoms with Crippen LogP contribution in [0, 0.1) is 0 Å². The minimum absolute atomic E-state index is 0.0207. The first-order valence-electron chi connectivity index (χ1n) is 4.05. The number of phenolic OH excluding ortho intramolecular Hbond substituents is 1. The van der Waals surface area contributed by atoms with Crippen LogP contribution in [0.15, 0.2) is 18.7 Å². The van der Waals surface area contributed by atoms with Crippen molar-refractivity contribution in [2.45, 2.75) is 0 Å². The van der Waals surface area contributed by atoms with Crippen molar-refractivity contribution in [3.05, 3.63) is 29.3 Å². The lowest BCUT2D eigenvalue weighted by atomic mass is 10.1. The van der Waals surface area contributed by atoms with Gasteiger partial charge in [0.25, 0.3) is 0 Å². The first kappa shape index (κ1) is 10.9. The molecule has 1 rings (SSSR count). The molecule has 0 spiro atoms. The average molecular weight is 214 g/mol. The zero-order valence-corrected chi connectivity index (χ0v) is 8.64. The first-order chi connectivity index (χ1) is 6.60. The molecule has 0 bridgehead atoms. The highest BCUT2D eigenvalue weighted by Gasteiger charge is 2.11. The Morgan fingerprint density at radius 2 is 2.29 bits per heavy atom. The second-order valence-corrected chi connectivity index (χ2v) is 3.25. The van der Waals surface area contributed by atoms with E-state index in [-0.39, 0.29) is 12.3 Å². The lowest BCUT2D eigenvalue weighted by Crippen LogP contribution is -2.01. The number of nitrogens with two attached hydrogens (primary N) is 1. The van der Waals surface area contributed by atoms with Crippen LogP contribution in [-0.4, -0.2) is 18.8 Å². The van der Waals surface area contributed by atoms with Crippen molar-refractivity contribution in [3.63, 3.8) is 0 Å². The van der Waals surface area contributed by atoms with Gasteiger partial charge in [-0.05, 0) is 11.6 Å². The minimum Gasteiger partial charge on any atom is -0.504 e. The number of methoxy groups -OCH3 is 1. The van der Waals surface area contributed by atoms with Gasteiger partial charge in [-0.15, -0.1) is 0 Å². The zero-order chi connectivity index (χ0) is 10.7. The van der Waals surface area contributed by atoms with Crippen LogP contribution >= 0.6 is 11.6 Å². The number of benzene rings is 1. The van der Waals surface area contributed by atoms with E-state index < -0.39 is 0 Å². The number of halogens is 1. The second-order valence-electron chi connectivity index (χ2n) is 2.81. The summed E-state index contributed by atoms with van der Waals surface area (Å²) in [5.41, 5.74) is 6.56. The fourth-order valence-electron chi connectivity index (χ4n) is 1.11. The highest BCUT2D eigenvalue weighted by Crippen LogP contribution is 2.36. The van der Waals surface area contributed by atoms with E-state index in [1.807, 2.05) is 0 Å². The Morgan fingerprint density at radius 1 is 1.64 bits per heavy atom. The second kappa shape index (κ2) is 4.35. The molecule has 0 heterocycles. The van der Waals surface area contributed by atoms with E-state index in [9.17, 15) is 5.11 Å². The Kier molecular flexibility index (Phi) is 3.38. The molecule has 3 nitrogen and oxygen atoms in total. The van der Waals surface area contributed by atoms with E-state index in [4.69, 9.17) is 22.1 Å². The predicted octanol–water partition coefficient (Wildman–Crippen LogP) is 2.03. The van der Waals surface area contributed by atoms with Crippen LogP contribution in [0.25, 0.3) is 5.57 Å². The number of hydrogen-bond acceptors (Lipinski definition) is 3. The van der Waals surface area contributed by atoms with Gasteiger partial charge in [0.2, 0.25) is 0 Å². The minimum atomic E-state index is 0.0207. The van der Waals surface area contributed by atoms with Crippen molar-refractivity contribution in [1.82, 2.24) is 0 Å². The van der Waals surface area contributed by atoms with Crippen molar-refractivity contribution in [2.75, 3.05) is 13.7 Å². The molecule has 0 aliphatic carbocycles. The summed E-state index contributed by atoms with van der Waals surface area (Å²) in [7, 11) is 1.46. The normalized spacial score (nSPS) is 9.93. The van der Waals surface area contributed by atoms with Crippen LogP contribution in [0.2, 0.25) is 5.02 Å². The van der Waals surface area contributed by atoms with Gasteiger partial charge in [-0.1, -0.05) is 18.2 Å². The van der Waals surface area contributed by atoms with Crippen molar-refractivity contribution in [3.8, 4) is 11.5 Å². The summed E-state index contributed by atoms with van der Waals surface area (Å²) in [4.78, 5) is 0. The van der Waals surface area contributed by atoms with Gasteiger partial charge >= 0.3 is 0 Å². The molecule has 1 aromatic carbocycles. The van der Waals surface area contributed by atoms with Crippen molar-refractivity contribution >= 4 is 17.2 Å². The van der Waals surface area contributed by atoms with E-state index in [1.165, 1.54) is 13.2 Å². The maximum Gasteiger partial charge on any atom is 0.165 e. The van der Waals surface area contributed by atoms with Gasteiger partial charge in [0.1, 0.15) is 0 Å². The van der Waals surface area contributed by atoms with E-state index >= 15 is 0 Å². The summed E-state index contributed by atoms with van der Waals surface area (Å²) in [6, 6.07) is 3.14. The summed E-state index contributed by atoms with van der Waals surface area (Å²) in [6.45, 7) is 3.98. The molecule has 4 heteroatoms. The molecule has 0 saturated heterocycles. The van der Waals surface area contributed by atoms with Crippen LogP contribution in [0.3, 0.4) is 0 Å². The number of aromatic hydroxyl groups is 1. The fraction of sp³-hybridized carbons (Fsp3) is 0.200. The lowest BCUT2D eigenvalue weighted by molar-refractivity contribution is 0.373. The van der Waals surface area contributed by atoms with E-state index in [0.29, 0.717) is 21.9 Å². The monoisotopic (exact) mass is 213 g/mol. The largest absolute Gasteiger partial charge is 0.504 e. The maximum absolute atomic E-state index is 9.71. The van der Waals surface area contributed by atoms with Gasteiger partial charge < -0.3 is 15.6 Å². The molecule has 0 radical (unpaired) electrons. The topological polar surface area (TPSA) is 55.5 Å². The van der Waals surface area contributed by atoms with Crippen LogP contribution in [0.5, 0.6) is 11.5 Å². The van der Waals surface area contributed by atoms with E-state index in [0.717, 1.165) is 0 Å². The van der Waals surface area contributed by atoms with Gasteiger partial charge in [-0.3, -0.25) is 0 Å². The molecule has 3 N–H and O–H groups in total. The van der Waals surface area contributed by atoms with Gasteiger partial charge in [0, 0.05) is 23.2 Å². The molecule has 0 saturated carbocycles. The smallest absolute Gasteiger partial charge is 0.165 e. The number of hydrogen-bond donors (Lipinski definition) is 2. The Balaban J connectivity index is 3.29. The molecular formula is C10H12ClNO2. The molecule has 0 aromatic heterocycles. The van der Waals surface area contributed by atoms with Crippen LogP contribution in [-0.2, 0) is 0 Å². The molecule has 0 aliphatic rings. The quantitative estimate of drug-likeness (QED) is 0.808. The van der Waals surface area contributed by atoms with E-state index in [1.54, 1.807) is 6.07 Å². The summed E-state index contributed by atoms with van der Waals surface area (Å²) in [5.74, 6) is 0.342. The highest BCUT2D eigenvalue weighted by molar-refractivity contribution is 6.31. The van der Waals surface area contributed by atoms with Crippen molar-refractivity contribution in [2.24, 2.45) is 5.73 Å². The lowest BCUT2D eigenvalue weighted by Gasteiger charge is -2.10. The van der Waals surface area contributed by atoms with Crippen molar-refractivity contribution in [1.29, 1.82) is 0 Å². The van der Waals surface area contributed by atoms with Gasteiger partial charge in [-0.2, -0.15) is 0 Å². The SMILES string of the molecule is C=C(CN)c1cc(Cl)cc(OC)c1O. The van der Waals surface area contributed by atoms with E-state index in [2.05, 4.69) is 6.58 Å². The van der Waals surface area contributed by atoms with Gasteiger partial charge in [-0.25, -0.2) is 0 Å². The Bertz CT molecular complexity index is 363. The average Bonchev–Trinajstić information content (AvgIpc) is 2.19. The van der Waals surface area contributed by atoms with Crippen LogP contribution in [0.4, 0.5) is 0 Å². The molecule has 0 unspecified atom stereocenters. The molecule has 76 valence electrons. The Morgan fingerprint density at radius 3 is 2.79 bits per heavy atom. The maximum atomic E-state index is 9.71. The third kappa shape index (κ3) is 2.00. The van der Waals surface area contributed by atoms with Crippen LogP contribution < -0.4 is 10.5 Å². The summed E-state index contributed by atoms with van der Waals surface area (Å²) >= 11 is 5.83. The summed E-state index contributed by atoms with van der Waals surface area (Å²) < 4.78 is 4.94. The molecule has 1 aromatic rings. The molecular weight excluding hydrogens is 202 g/mol. The van der Waals surface area contributed by atoms with Crippen molar-refractivity contribution < 1.29 is 9.84 Å². The molecule has 0 atom stereocenters. The molecule has 0 aliphatic heterocycles. The fourth-order valence-corrected chi connectivity index (χ4v) is 1.32.